The van der Waals surface area contributed by atoms with Gasteiger partial charge < -0.3 is 14.6 Å². The Labute approximate surface area is 144 Å². The highest BCUT2D eigenvalue weighted by atomic mass is 16.6. The SMILES string of the molecule is C=C1C(=O)O[C@@H]2/C=C(\C)CC[C@H]3O[C@]3(C)CC/C=C(\C)C[C@@H](O)[C@@H]12. The van der Waals surface area contributed by atoms with Crippen molar-refractivity contribution in [2.75, 3.05) is 0 Å². The fraction of sp³-hybridized carbons (Fsp3) is 0.650. The molecule has 2 aliphatic heterocycles. The Balaban J connectivity index is 1.83. The molecule has 3 rings (SSSR count). The summed E-state index contributed by atoms with van der Waals surface area (Å²) < 4.78 is 11.3. The molecule has 1 aliphatic carbocycles. The standard InChI is InChI=1S/C20H28O4/c1-12-6-5-9-20(4)17(24-20)8-7-13(2)11-16-18(15(21)10-12)14(3)19(22)23-16/h6,11,15-18,21H,3,5,7-10H2,1-2,4H3/b12-6+,13-11+/t15-,16-,17-,18-,20-/m1/s1. The van der Waals surface area contributed by atoms with Crippen molar-refractivity contribution in [2.24, 2.45) is 5.92 Å². The first-order valence-corrected chi connectivity index (χ1v) is 8.89. The zero-order valence-corrected chi connectivity index (χ0v) is 14.9. The van der Waals surface area contributed by atoms with E-state index in [4.69, 9.17) is 9.47 Å². The fourth-order valence-corrected chi connectivity index (χ4v) is 3.94. The maximum atomic E-state index is 11.9. The van der Waals surface area contributed by atoms with Gasteiger partial charge in [0.1, 0.15) is 6.10 Å². The summed E-state index contributed by atoms with van der Waals surface area (Å²) in [7, 11) is 0. The Hall–Kier alpha value is -1.39. The maximum Gasteiger partial charge on any atom is 0.334 e. The van der Waals surface area contributed by atoms with Crippen LogP contribution in [0, 0.1) is 5.92 Å². The third kappa shape index (κ3) is 3.50. The van der Waals surface area contributed by atoms with E-state index in [9.17, 15) is 9.90 Å². The fourth-order valence-electron chi connectivity index (χ4n) is 3.94. The quantitative estimate of drug-likeness (QED) is 0.319. The second-order valence-electron chi connectivity index (χ2n) is 7.75. The predicted octanol–water partition coefficient (Wildman–Crippen LogP) is 3.46. The topological polar surface area (TPSA) is 59.1 Å². The van der Waals surface area contributed by atoms with Gasteiger partial charge in [0.25, 0.3) is 0 Å². The number of aliphatic hydroxyl groups is 1. The van der Waals surface area contributed by atoms with Crippen molar-refractivity contribution in [1.82, 2.24) is 0 Å². The molecule has 0 amide bonds. The summed E-state index contributed by atoms with van der Waals surface area (Å²) in [4.78, 5) is 11.9. The van der Waals surface area contributed by atoms with Crippen LogP contribution in [0.25, 0.3) is 0 Å². The number of carbonyl (C=O) groups is 1. The lowest BCUT2D eigenvalue weighted by Gasteiger charge is -2.22. The summed E-state index contributed by atoms with van der Waals surface area (Å²) in [6, 6.07) is 0. The summed E-state index contributed by atoms with van der Waals surface area (Å²) in [6.45, 7) is 10.1. The Bertz CT molecular complexity index is 603. The van der Waals surface area contributed by atoms with Crippen LogP contribution >= 0.6 is 0 Å². The van der Waals surface area contributed by atoms with Crippen molar-refractivity contribution in [2.45, 2.75) is 76.8 Å². The average molecular weight is 332 g/mol. The van der Waals surface area contributed by atoms with Crippen molar-refractivity contribution in [3.05, 3.63) is 35.5 Å². The first kappa shape index (κ1) is 17.4. The van der Waals surface area contributed by atoms with Gasteiger partial charge in [0, 0.05) is 5.57 Å². The number of fused-ring (bicyclic) bond motifs is 2. The van der Waals surface area contributed by atoms with Gasteiger partial charge in [0.05, 0.1) is 23.7 Å². The number of esters is 1. The van der Waals surface area contributed by atoms with E-state index in [1.165, 1.54) is 5.57 Å². The van der Waals surface area contributed by atoms with Crippen LogP contribution < -0.4 is 0 Å². The summed E-state index contributed by atoms with van der Waals surface area (Å²) in [5.74, 6) is -0.752. The highest BCUT2D eigenvalue weighted by Crippen LogP contribution is 2.44. The monoisotopic (exact) mass is 332 g/mol. The van der Waals surface area contributed by atoms with Crippen molar-refractivity contribution in [1.29, 1.82) is 0 Å². The van der Waals surface area contributed by atoms with Crippen LogP contribution in [-0.2, 0) is 14.3 Å². The van der Waals surface area contributed by atoms with Gasteiger partial charge in [-0.2, -0.15) is 0 Å². The van der Waals surface area contributed by atoms with Crippen molar-refractivity contribution < 1.29 is 19.4 Å². The van der Waals surface area contributed by atoms with Crippen LogP contribution in [0.2, 0.25) is 0 Å². The van der Waals surface area contributed by atoms with E-state index >= 15 is 0 Å². The van der Waals surface area contributed by atoms with Gasteiger partial charge in [-0.25, -0.2) is 4.79 Å². The van der Waals surface area contributed by atoms with E-state index in [1.807, 2.05) is 13.0 Å². The summed E-state index contributed by atoms with van der Waals surface area (Å²) >= 11 is 0. The molecule has 0 aromatic carbocycles. The molecule has 0 saturated carbocycles. The minimum absolute atomic E-state index is 0.00353. The van der Waals surface area contributed by atoms with Gasteiger partial charge in [0.2, 0.25) is 0 Å². The number of ether oxygens (including phenoxy) is 2. The van der Waals surface area contributed by atoms with E-state index in [-0.39, 0.29) is 11.5 Å². The zero-order valence-electron chi connectivity index (χ0n) is 14.9. The largest absolute Gasteiger partial charge is 0.454 e. The Morgan fingerprint density at radius 1 is 1.33 bits per heavy atom. The molecule has 2 heterocycles. The third-order valence-corrected chi connectivity index (χ3v) is 5.63. The average Bonchev–Trinajstić information content (AvgIpc) is 3.05. The zero-order chi connectivity index (χ0) is 17.5. The van der Waals surface area contributed by atoms with Gasteiger partial charge in [-0.05, 0) is 59.0 Å². The molecule has 5 atom stereocenters. The van der Waals surface area contributed by atoms with Gasteiger partial charge in [0.15, 0.2) is 0 Å². The highest BCUT2D eigenvalue weighted by Gasteiger charge is 2.50. The third-order valence-electron chi connectivity index (χ3n) is 5.63. The molecule has 132 valence electrons. The molecule has 0 spiro atoms. The Morgan fingerprint density at radius 3 is 2.83 bits per heavy atom. The van der Waals surface area contributed by atoms with Crippen molar-refractivity contribution >= 4 is 5.97 Å². The second-order valence-corrected chi connectivity index (χ2v) is 7.75. The minimum atomic E-state index is -0.655. The van der Waals surface area contributed by atoms with E-state index in [1.54, 1.807) is 0 Å². The molecule has 3 aliphatic rings. The molecule has 2 fully saturated rings. The van der Waals surface area contributed by atoms with Gasteiger partial charge in [-0.15, -0.1) is 0 Å². The van der Waals surface area contributed by atoms with Crippen LogP contribution in [0.3, 0.4) is 0 Å². The van der Waals surface area contributed by atoms with Gasteiger partial charge >= 0.3 is 5.97 Å². The van der Waals surface area contributed by atoms with E-state index < -0.39 is 18.2 Å². The Morgan fingerprint density at radius 2 is 2.08 bits per heavy atom. The van der Waals surface area contributed by atoms with E-state index in [2.05, 4.69) is 26.5 Å². The lowest BCUT2D eigenvalue weighted by molar-refractivity contribution is -0.137. The van der Waals surface area contributed by atoms with Crippen LogP contribution in [0.1, 0.15) is 52.9 Å². The normalized spacial score (nSPS) is 45.0. The van der Waals surface area contributed by atoms with E-state index in [0.717, 1.165) is 31.3 Å². The number of hydrogen-bond acceptors (Lipinski definition) is 4. The van der Waals surface area contributed by atoms with Crippen molar-refractivity contribution in [3.8, 4) is 0 Å². The molecule has 0 aromatic heterocycles. The van der Waals surface area contributed by atoms with Crippen LogP contribution in [0.15, 0.2) is 35.5 Å². The molecular weight excluding hydrogens is 304 g/mol. The predicted molar refractivity (Wildman–Crippen MR) is 92.4 cm³/mol. The lowest BCUT2D eigenvalue weighted by Crippen LogP contribution is -2.28. The molecular formula is C20H28O4. The van der Waals surface area contributed by atoms with Crippen molar-refractivity contribution in [3.63, 3.8) is 0 Å². The molecule has 4 nitrogen and oxygen atoms in total. The molecule has 0 radical (unpaired) electrons. The number of aliphatic hydroxyl groups excluding tert-OH is 1. The summed E-state index contributed by atoms with van der Waals surface area (Å²) in [5.41, 5.74) is 2.68. The smallest absolute Gasteiger partial charge is 0.334 e. The number of epoxide rings is 1. The number of hydrogen-bond donors (Lipinski definition) is 1. The molecule has 24 heavy (non-hydrogen) atoms. The summed E-state index contributed by atoms with van der Waals surface area (Å²) in [5, 5.41) is 10.7. The van der Waals surface area contributed by atoms with Crippen LogP contribution in [0.5, 0.6) is 0 Å². The second kappa shape index (κ2) is 6.49. The first-order valence-electron chi connectivity index (χ1n) is 8.89. The molecule has 1 N–H and O–H groups in total. The number of allylic oxidation sites excluding steroid dienone is 2. The van der Waals surface area contributed by atoms with Gasteiger partial charge in [-0.3, -0.25) is 0 Å². The molecule has 0 unspecified atom stereocenters. The lowest BCUT2D eigenvalue weighted by atomic mass is 9.86. The number of rotatable bonds is 0. The molecule has 0 aromatic rings. The Kier molecular flexibility index (Phi) is 4.71. The molecule has 2 saturated heterocycles. The molecule has 0 bridgehead atoms. The van der Waals surface area contributed by atoms with Crippen LogP contribution in [0.4, 0.5) is 0 Å². The van der Waals surface area contributed by atoms with Crippen LogP contribution in [-0.4, -0.2) is 35.0 Å². The van der Waals surface area contributed by atoms with E-state index in [0.29, 0.717) is 18.1 Å². The molecule has 4 heteroatoms. The minimum Gasteiger partial charge on any atom is -0.454 e. The summed E-state index contributed by atoms with van der Waals surface area (Å²) in [6.07, 6.45) is 7.79. The highest BCUT2D eigenvalue weighted by molar-refractivity contribution is 5.91. The van der Waals surface area contributed by atoms with Gasteiger partial charge in [-0.1, -0.05) is 23.8 Å². The number of carbonyl (C=O) groups excluding carboxylic acids is 1. The first-order chi connectivity index (χ1) is 11.3. The maximum absolute atomic E-state index is 11.9.